The maximum Gasteiger partial charge on any atom is 0.233 e. The summed E-state index contributed by atoms with van der Waals surface area (Å²) < 4.78 is 11.2. The summed E-state index contributed by atoms with van der Waals surface area (Å²) in [7, 11) is 3.87. The normalized spacial score (nSPS) is 24.7. The highest BCUT2D eigenvalue weighted by Gasteiger charge is 2.47. The topological polar surface area (TPSA) is 58.8 Å². The van der Waals surface area contributed by atoms with Crippen LogP contribution in [0.1, 0.15) is 29.9 Å². The second kappa shape index (κ2) is 8.28. The van der Waals surface area contributed by atoms with Crippen molar-refractivity contribution < 1.29 is 14.1 Å². The number of aromatic nitrogens is 1. The average Bonchev–Trinajstić information content (AvgIpc) is 3.35. The summed E-state index contributed by atoms with van der Waals surface area (Å²) in [6, 6.07) is 12.3. The number of hydrogen-bond acceptors (Lipinski definition) is 5. The summed E-state index contributed by atoms with van der Waals surface area (Å²) >= 11 is 0. The minimum Gasteiger partial charge on any atom is -0.379 e. The van der Waals surface area contributed by atoms with E-state index in [1.807, 2.05) is 36.1 Å². The first-order valence-corrected chi connectivity index (χ1v) is 10.5. The lowest BCUT2D eigenvalue weighted by molar-refractivity contribution is -0.138. The second-order valence-electron chi connectivity index (χ2n) is 8.63. The molecule has 4 rings (SSSR count). The molecule has 3 heterocycles. The lowest BCUT2D eigenvalue weighted by atomic mass is 9.71. The van der Waals surface area contributed by atoms with Crippen LogP contribution in [0.4, 0.5) is 0 Å². The molecular weight excluding hydrogens is 366 g/mol. The minimum absolute atomic E-state index is 0.0171. The molecule has 0 bridgehead atoms. The van der Waals surface area contributed by atoms with E-state index in [1.54, 1.807) is 7.11 Å². The summed E-state index contributed by atoms with van der Waals surface area (Å²) in [6.45, 7) is 5.12. The number of ether oxygens (including phenoxy) is 1. The summed E-state index contributed by atoms with van der Waals surface area (Å²) in [4.78, 5) is 18.2. The number of benzene rings is 1. The fourth-order valence-electron chi connectivity index (χ4n) is 4.93. The number of carbonyl (C=O) groups is 1. The monoisotopic (exact) mass is 397 g/mol. The Kier molecular flexibility index (Phi) is 5.74. The van der Waals surface area contributed by atoms with Crippen molar-refractivity contribution in [3.05, 3.63) is 53.4 Å². The molecular formula is C23H31N3O3. The molecule has 2 atom stereocenters. The molecule has 2 aliphatic heterocycles. The van der Waals surface area contributed by atoms with Crippen LogP contribution in [0.2, 0.25) is 0 Å². The number of piperidine rings is 1. The Balaban J connectivity index is 1.56. The van der Waals surface area contributed by atoms with Crippen LogP contribution in [0.5, 0.6) is 0 Å². The van der Waals surface area contributed by atoms with E-state index >= 15 is 0 Å². The van der Waals surface area contributed by atoms with Crippen LogP contribution in [0, 0.1) is 12.8 Å². The number of aryl methyl sites for hydroxylation is 1. The van der Waals surface area contributed by atoms with Crippen LogP contribution >= 0.6 is 0 Å². The van der Waals surface area contributed by atoms with Crippen molar-refractivity contribution in [2.75, 3.05) is 40.3 Å². The van der Waals surface area contributed by atoms with E-state index in [4.69, 9.17) is 9.26 Å². The molecule has 0 saturated carbocycles. The van der Waals surface area contributed by atoms with E-state index in [0.717, 1.165) is 49.4 Å². The van der Waals surface area contributed by atoms with Crippen molar-refractivity contribution in [3.8, 4) is 0 Å². The van der Waals surface area contributed by atoms with Crippen LogP contribution in [0.15, 0.2) is 40.9 Å². The van der Waals surface area contributed by atoms with Crippen molar-refractivity contribution >= 4 is 5.91 Å². The first kappa shape index (κ1) is 20.1. The number of amides is 1. The molecule has 2 aliphatic rings. The number of methoxy groups -OCH3 is 1. The van der Waals surface area contributed by atoms with Gasteiger partial charge in [0.15, 0.2) is 0 Å². The molecule has 0 unspecified atom stereocenters. The Morgan fingerprint density at radius 2 is 1.97 bits per heavy atom. The van der Waals surface area contributed by atoms with Gasteiger partial charge in [0.2, 0.25) is 5.91 Å². The van der Waals surface area contributed by atoms with Crippen molar-refractivity contribution in [1.29, 1.82) is 0 Å². The van der Waals surface area contributed by atoms with Gasteiger partial charge in [-0.3, -0.25) is 4.79 Å². The van der Waals surface area contributed by atoms with Crippen molar-refractivity contribution in [2.45, 2.75) is 37.7 Å². The largest absolute Gasteiger partial charge is 0.379 e. The predicted octanol–water partition coefficient (Wildman–Crippen LogP) is 2.66. The van der Waals surface area contributed by atoms with Crippen LogP contribution in [-0.4, -0.2) is 67.3 Å². The number of nitrogens with zero attached hydrogens (tertiary/aromatic N) is 3. The van der Waals surface area contributed by atoms with Crippen LogP contribution in [0.25, 0.3) is 0 Å². The standard InChI is InChI=1S/C23H31N3O3/c1-17-13-20(29-24-17)14-18-15-26(16-21(18)28-3)22(27)23(9-11-25(2)12-10-23)19-7-5-4-6-8-19/h4-8,13,18,21H,9-12,14-16H2,1-3H3/t18-,21+/m1/s1. The Morgan fingerprint density at radius 3 is 2.59 bits per heavy atom. The van der Waals surface area contributed by atoms with Gasteiger partial charge in [-0.25, -0.2) is 0 Å². The Morgan fingerprint density at radius 1 is 1.24 bits per heavy atom. The maximum atomic E-state index is 13.9. The number of hydrogen-bond donors (Lipinski definition) is 0. The minimum atomic E-state index is -0.441. The zero-order valence-corrected chi connectivity index (χ0v) is 17.6. The summed E-state index contributed by atoms with van der Waals surface area (Å²) in [5.41, 5.74) is 1.58. The highest BCUT2D eigenvalue weighted by molar-refractivity contribution is 5.89. The fraction of sp³-hybridized carbons (Fsp3) is 0.565. The molecule has 0 aliphatic carbocycles. The van der Waals surface area contributed by atoms with Crippen molar-refractivity contribution in [1.82, 2.24) is 15.0 Å². The van der Waals surface area contributed by atoms with Gasteiger partial charge in [-0.1, -0.05) is 35.5 Å². The molecule has 1 amide bonds. The van der Waals surface area contributed by atoms with Gasteiger partial charge >= 0.3 is 0 Å². The van der Waals surface area contributed by atoms with Gasteiger partial charge in [0.1, 0.15) is 5.76 Å². The quantitative estimate of drug-likeness (QED) is 0.776. The molecule has 0 N–H and O–H groups in total. The van der Waals surface area contributed by atoms with Crippen LogP contribution in [0.3, 0.4) is 0 Å². The second-order valence-corrected chi connectivity index (χ2v) is 8.63. The van der Waals surface area contributed by atoms with E-state index in [-0.39, 0.29) is 17.9 Å². The zero-order chi connectivity index (χ0) is 20.4. The summed E-state index contributed by atoms with van der Waals surface area (Å²) in [5.74, 6) is 1.33. The van der Waals surface area contributed by atoms with Gasteiger partial charge in [-0.15, -0.1) is 0 Å². The molecule has 2 aromatic rings. The maximum absolute atomic E-state index is 13.9. The fourth-order valence-corrected chi connectivity index (χ4v) is 4.93. The number of likely N-dealkylation sites (tertiary alicyclic amines) is 2. The Bertz CT molecular complexity index is 827. The zero-order valence-electron chi connectivity index (χ0n) is 17.6. The van der Waals surface area contributed by atoms with Crippen LogP contribution < -0.4 is 0 Å². The Hall–Kier alpha value is -2.18. The lowest BCUT2D eigenvalue weighted by Crippen LogP contribution is -2.52. The van der Waals surface area contributed by atoms with Crippen molar-refractivity contribution in [2.24, 2.45) is 5.92 Å². The van der Waals surface area contributed by atoms with Gasteiger partial charge in [0.05, 0.1) is 17.2 Å². The van der Waals surface area contributed by atoms with Gasteiger partial charge in [-0.05, 0) is 45.5 Å². The summed E-state index contributed by atoms with van der Waals surface area (Å²) in [5, 5.41) is 3.99. The van der Waals surface area contributed by atoms with E-state index < -0.39 is 5.41 Å². The van der Waals surface area contributed by atoms with Crippen molar-refractivity contribution in [3.63, 3.8) is 0 Å². The average molecular weight is 398 g/mol. The van der Waals surface area contributed by atoms with E-state index in [9.17, 15) is 4.79 Å². The van der Waals surface area contributed by atoms with Gasteiger partial charge in [0.25, 0.3) is 0 Å². The van der Waals surface area contributed by atoms with Gasteiger partial charge in [0, 0.05) is 38.6 Å². The molecule has 0 radical (unpaired) electrons. The van der Waals surface area contributed by atoms with Gasteiger partial charge in [-0.2, -0.15) is 0 Å². The summed E-state index contributed by atoms with van der Waals surface area (Å²) in [6.07, 6.45) is 2.46. The first-order valence-electron chi connectivity index (χ1n) is 10.5. The molecule has 1 aromatic heterocycles. The van der Waals surface area contributed by atoms with Crippen LogP contribution in [-0.2, 0) is 21.4 Å². The number of rotatable bonds is 5. The SMILES string of the molecule is CO[C@H]1CN(C(=O)C2(c3ccccc3)CCN(C)CC2)C[C@H]1Cc1cc(C)no1. The molecule has 6 heteroatoms. The molecule has 0 spiro atoms. The van der Waals surface area contributed by atoms with Gasteiger partial charge < -0.3 is 19.1 Å². The Labute approximate surface area is 172 Å². The molecule has 2 saturated heterocycles. The molecule has 1 aromatic carbocycles. The predicted molar refractivity (Wildman–Crippen MR) is 111 cm³/mol. The highest BCUT2D eigenvalue weighted by atomic mass is 16.5. The molecule has 2 fully saturated rings. The van der Waals surface area contributed by atoms with E-state index in [1.165, 1.54) is 0 Å². The lowest BCUT2D eigenvalue weighted by Gasteiger charge is -2.42. The third kappa shape index (κ3) is 3.96. The number of carbonyl (C=O) groups excluding carboxylic acids is 1. The van der Waals surface area contributed by atoms with E-state index in [0.29, 0.717) is 13.1 Å². The third-order valence-electron chi connectivity index (χ3n) is 6.69. The molecule has 6 nitrogen and oxygen atoms in total. The molecule has 156 valence electrons. The highest BCUT2D eigenvalue weighted by Crippen LogP contribution is 2.39. The smallest absolute Gasteiger partial charge is 0.233 e. The first-order chi connectivity index (χ1) is 14.0. The van der Waals surface area contributed by atoms with E-state index in [2.05, 4.69) is 29.2 Å². The molecule has 29 heavy (non-hydrogen) atoms. The third-order valence-corrected chi connectivity index (χ3v) is 6.69.